The van der Waals surface area contributed by atoms with Crippen LogP contribution < -0.4 is 9.47 Å². The molecule has 40 heavy (non-hydrogen) atoms. The molecule has 0 unspecified atom stereocenters. The van der Waals surface area contributed by atoms with Crippen LogP contribution in [0.1, 0.15) is 153 Å². The van der Waals surface area contributed by atoms with Crippen molar-refractivity contribution in [1.82, 2.24) is 0 Å². The van der Waals surface area contributed by atoms with Gasteiger partial charge in [0, 0.05) is 0 Å². The first-order valence-electron chi connectivity index (χ1n) is 16.8. The number of hydrogen-bond donors (Lipinski definition) is 0. The SMILES string of the molecule is CCCCCCCCCCCCc1ccccc1OC(=O)Oc1ccccc1CCCCCCCCCCCC. The van der Waals surface area contributed by atoms with Crippen molar-refractivity contribution >= 4 is 6.16 Å². The van der Waals surface area contributed by atoms with Gasteiger partial charge in [-0.05, 0) is 48.9 Å². The topological polar surface area (TPSA) is 35.5 Å². The molecule has 2 aromatic carbocycles. The molecule has 0 spiro atoms. The van der Waals surface area contributed by atoms with Gasteiger partial charge in [-0.2, -0.15) is 0 Å². The molecular weight excluding hydrogens is 492 g/mol. The summed E-state index contributed by atoms with van der Waals surface area (Å²) in [5.41, 5.74) is 2.16. The molecule has 0 bridgehead atoms. The van der Waals surface area contributed by atoms with E-state index in [1.807, 2.05) is 36.4 Å². The van der Waals surface area contributed by atoms with Crippen molar-refractivity contribution in [3.63, 3.8) is 0 Å². The number of carbonyl (C=O) groups excluding carboxylic acids is 1. The van der Waals surface area contributed by atoms with Gasteiger partial charge in [0.15, 0.2) is 0 Å². The Bertz CT molecular complexity index is 819. The second-order valence-electron chi connectivity index (χ2n) is 11.5. The summed E-state index contributed by atoms with van der Waals surface area (Å²) < 4.78 is 11.4. The monoisotopic (exact) mass is 550 g/mol. The number of benzene rings is 2. The highest BCUT2D eigenvalue weighted by Crippen LogP contribution is 2.25. The van der Waals surface area contributed by atoms with Gasteiger partial charge >= 0.3 is 6.16 Å². The maximum atomic E-state index is 12.7. The number of rotatable bonds is 24. The molecule has 224 valence electrons. The first-order valence-corrected chi connectivity index (χ1v) is 16.8. The van der Waals surface area contributed by atoms with E-state index in [1.54, 1.807) is 0 Å². The van der Waals surface area contributed by atoms with Crippen LogP contribution in [0.5, 0.6) is 11.5 Å². The van der Waals surface area contributed by atoms with E-state index in [9.17, 15) is 4.79 Å². The van der Waals surface area contributed by atoms with Crippen molar-refractivity contribution < 1.29 is 14.3 Å². The molecule has 0 heterocycles. The van der Waals surface area contributed by atoms with Crippen LogP contribution in [-0.2, 0) is 12.8 Å². The first kappa shape index (κ1) is 33.9. The summed E-state index contributed by atoms with van der Waals surface area (Å²) in [6.45, 7) is 4.54. The highest BCUT2D eigenvalue weighted by Gasteiger charge is 2.13. The summed E-state index contributed by atoms with van der Waals surface area (Å²) in [5, 5.41) is 0. The van der Waals surface area contributed by atoms with Gasteiger partial charge in [0.1, 0.15) is 11.5 Å². The van der Waals surface area contributed by atoms with Gasteiger partial charge in [-0.1, -0.05) is 166 Å². The van der Waals surface area contributed by atoms with Gasteiger partial charge in [-0.25, -0.2) is 4.79 Å². The van der Waals surface area contributed by atoms with E-state index in [0.29, 0.717) is 11.5 Å². The molecule has 2 rings (SSSR count). The smallest absolute Gasteiger partial charge is 0.394 e. The minimum atomic E-state index is -0.647. The molecule has 0 fully saturated rings. The standard InChI is InChI=1S/C37H58O3/c1-3-5-7-9-11-13-15-17-19-21-27-33-29-23-25-31-35(33)39-37(38)40-36-32-26-24-30-34(36)28-22-20-18-16-14-12-10-8-6-4-2/h23-26,29-32H,3-22,27-28H2,1-2H3. The number of para-hydroxylation sites is 2. The van der Waals surface area contributed by atoms with Gasteiger partial charge in [0.25, 0.3) is 0 Å². The van der Waals surface area contributed by atoms with Gasteiger partial charge in [0.05, 0.1) is 0 Å². The Balaban J connectivity index is 1.67. The fourth-order valence-electron chi connectivity index (χ4n) is 5.43. The summed E-state index contributed by atoms with van der Waals surface area (Å²) in [7, 11) is 0. The lowest BCUT2D eigenvalue weighted by Gasteiger charge is -2.12. The minimum Gasteiger partial charge on any atom is -0.394 e. The van der Waals surface area contributed by atoms with Crippen LogP contribution >= 0.6 is 0 Å². The van der Waals surface area contributed by atoms with Crippen LogP contribution in [-0.4, -0.2) is 6.16 Å². The molecule has 3 heteroatoms. The lowest BCUT2D eigenvalue weighted by atomic mass is 10.0. The minimum absolute atomic E-state index is 0.621. The van der Waals surface area contributed by atoms with E-state index in [2.05, 4.69) is 26.0 Å². The van der Waals surface area contributed by atoms with Crippen LogP contribution in [0.3, 0.4) is 0 Å². The molecule has 0 radical (unpaired) electrons. The Morgan fingerprint density at radius 1 is 0.450 bits per heavy atom. The molecule has 0 atom stereocenters. The van der Waals surface area contributed by atoms with Gasteiger partial charge < -0.3 is 9.47 Å². The van der Waals surface area contributed by atoms with E-state index in [0.717, 1.165) is 36.8 Å². The summed E-state index contributed by atoms with van der Waals surface area (Å²) >= 11 is 0. The van der Waals surface area contributed by atoms with Gasteiger partial charge in [-0.3, -0.25) is 0 Å². The van der Waals surface area contributed by atoms with Crippen molar-refractivity contribution in [2.75, 3.05) is 0 Å². The third-order valence-corrected chi connectivity index (χ3v) is 7.93. The zero-order chi connectivity index (χ0) is 28.5. The van der Waals surface area contributed by atoms with Crippen molar-refractivity contribution in [2.24, 2.45) is 0 Å². The number of ether oxygens (including phenoxy) is 2. The van der Waals surface area contributed by atoms with Crippen LogP contribution in [0.25, 0.3) is 0 Å². The lowest BCUT2D eigenvalue weighted by Crippen LogP contribution is -2.15. The molecule has 0 saturated heterocycles. The molecule has 0 aromatic heterocycles. The quantitative estimate of drug-likeness (QED) is 0.0740. The Hall–Kier alpha value is -2.29. The fraction of sp³-hybridized carbons (Fsp3) is 0.649. The largest absolute Gasteiger partial charge is 0.519 e. The predicted molar refractivity (Wildman–Crippen MR) is 171 cm³/mol. The van der Waals surface area contributed by atoms with Crippen LogP contribution in [0, 0.1) is 0 Å². The molecule has 3 nitrogen and oxygen atoms in total. The number of hydrogen-bond acceptors (Lipinski definition) is 3. The van der Waals surface area contributed by atoms with E-state index < -0.39 is 6.16 Å². The molecule has 0 saturated carbocycles. The second-order valence-corrected chi connectivity index (χ2v) is 11.5. The van der Waals surface area contributed by atoms with Gasteiger partial charge in [0.2, 0.25) is 0 Å². The Morgan fingerprint density at radius 2 is 0.750 bits per heavy atom. The molecule has 0 aliphatic carbocycles. The van der Waals surface area contributed by atoms with Crippen molar-refractivity contribution in [1.29, 1.82) is 0 Å². The predicted octanol–water partition coefficient (Wildman–Crippen LogP) is 12.2. The van der Waals surface area contributed by atoms with E-state index >= 15 is 0 Å². The molecule has 0 aliphatic rings. The van der Waals surface area contributed by atoms with Crippen LogP contribution in [0.2, 0.25) is 0 Å². The lowest BCUT2D eigenvalue weighted by molar-refractivity contribution is 0.151. The highest BCUT2D eigenvalue weighted by atomic mass is 16.7. The summed E-state index contributed by atoms with van der Waals surface area (Å²) in [6, 6.07) is 15.8. The number of carbonyl (C=O) groups is 1. The number of unbranched alkanes of at least 4 members (excludes halogenated alkanes) is 18. The second kappa shape index (κ2) is 23.4. The fourth-order valence-corrected chi connectivity index (χ4v) is 5.43. The van der Waals surface area contributed by atoms with E-state index in [-0.39, 0.29) is 0 Å². The van der Waals surface area contributed by atoms with E-state index in [1.165, 1.54) is 116 Å². The molecule has 0 amide bonds. The summed E-state index contributed by atoms with van der Waals surface area (Å²) in [6.07, 6.45) is 27.5. The Labute approximate surface area is 246 Å². The maximum Gasteiger partial charge on any atom is 0.519 e. The summed E-state index contributed by atoms with van der Waals surface area (Å²) in [5.74, 6) is 1.24. The molecule has 0 N–H and O–H groups in total. The highest BCUT2D eigenvalue weighted by molar-refractivity contribution is 5.68. The maximum absolute atomic E-state index is 12.7. The third-order valence-electron chi connectivity index (χ3n) is 7.93. The molecular formula is C37H58O3. The molecule has 0 aliphatic heterocycles. The summed E-state index contributed by atoms with van der Waals surface area (Å²) in [4.78, 5) is 12.7. The Morgan fingerprint density at radius 3 is 1.10 bits per heavy atom. The average Bonchev–Trinajstić information content (AvgIpc) is 2.96. The molecule has 2 aromatic rings. The number of aryl methyl sites for hydroxylation is 2. The Kier molecular flexibility index (Phi) is 19.9. The zero-order valence-corrected chi connectivity index (χ0v) is 25.9. The van der Waals surface area contributed by atoms with Crippen molar-refractivity contribution in [3.8, 4) is 11.5 Å². The average molecular weight is 551 g/mol. The van der Waals surface area contributed by atoms with E-state index in [4.69, 9.17) is 9.47 Å². The zero-order valence-electron chi connectivity index (χ0n) is 25.9. The van der Waals surface area contributed by atoms with Crippen LogP contribution in [0.15, 0.2) is 48.5 Å². The third kappa shape index (κ3) is 16.1. The normalized spacial score (nSPS) is 11.1. The van der Waals surface area contributed by atoms with Crippen molar-refractivity contribution in [2.45, 2.75) is 155 Å². The van der Waals surface area contributed by atoms with Gasteiger partial charge in [-0.15, -0.1) is 0 Å². The van der Waals surface area contributed by atoms with Crippen LogP contribution in [0.4, 0.5) is 4.79 Å². The first-order chi connectivity index (χ1) is 19.7. The van der Waals surface area contributed by atoms with Crippen molar-refractivity contribution in [3.05, 3.63) is 59.7 Å².